The highest BCUT2D eigenvalue weighted by Crippen LogP contribution is 2.29. The third-order valence-electron chi connectivity index (χ3n) is 3.38. The van der Waals surface area contributed by atoms with E-state index in [-0.39, 0.29) is 6.10 Å². The Morgan fingerprint density at radius 2 is 2.17 bits per heavy atom. The zero-order valence-corrected chi connectivity index (χ0v) is 11.0. The van der Waals surface area contributed by atoms with Crippen molar-refractivity contribution in [3.8, 4) is 0 Å². The summed E-state index contributed by atoms with van der Waals surface area (Å²) >= 11 is 0. The molecule has 6 heteroatoms. The van der Waals surface area contributed by atoms with E-state index in [1.807, 2.05) is 0 Å². The molecule has 0 aliphatic carbocycles. The molecule has 2 rings (SSSR count). The van der Waals surface area contributed by atoms with Gasteiger partial charge in [-0.05, 0) is 19.3 Å². The van der Waals surface area contributed by atoms with Gasteiger partial charge in [0, 0.05) is 20.3 Å². The Balaban J connectivity index is 2.13. The maximum atomic E-state index is 6.29. The molecule has 1 saturated heterocycles. The van der Waals surface area contributed by atoms with Crippen LogP contribution in [0.25, 0.3) is 0 Å². The van der Waals surface area contributed by atoms with Crippen LogP contribution in [0, 0.1) is 0 Å². The maximum absolute atomic E-state index is 6.29. The SMILES string of the molecule is CCCC(OC)c1noc(C2(N)CCOCC2)n1. The molecule has 6 nitrogen and oxygen atoms in total. The Hall–Kier alpha value is -0.980. The molecule has 1 unspecified atom stereocenters. The molecule has 102 valence electrons. The van der Waals surface area contributed by atoms with E-state index in [1.54, 1.807) is 7.11 Å². The summed E-state index contributed by atoms with van der Waals surface area (Å²) in [5, 5.41) is 3.99. The van der Waals surface area contributed by atoms with Gasteiger partial charge in [-0.1, -0.05) is 18.5 Å². The minimum Gasteiger partial charge on any atom is -0.381 e. The van der Waals surface area contributed by atoms with Crippen LogP contribution in [0.1, 0.15) is 50.4 Å². The van der Waals surface area contributed by atoms with Crippen LogP contribution in [-0.4, -0.2) is 30.5 Å². The molecule has 1 fully saturated rings. The van der Waals surface area contributed by atoms with Crippen LogP contribution in [0.15, 0.2) is 4.52 Å². The predicted molar refractivity (Wildman–Crippen MR) is 64.9 cm³/mol. The van der Waals surface area contributed by atoms with Crippen LogP contribution in [-0.2, 0) is 15.0 Å². The third-order valence-corrected chi connectivity index (χ3v) is 3.38. The standard InChI is InChI=1S/C12H21N3O3/c1-3-4-9(16-2)10-14-11(18-15-10)12(13)5-7-17-8-6-12/h9H,3-8,13H2,1-2H3. The predicted octanol–water partition coefficient (Wildman–Crippen LogP) is 1.52. The summed E-state index contributed by atoms with van der Waals surface area (Å²) in [6.07, 6.45) is 3.18. The first-order valence-electron chi connectivity index (χ1n) is 6.43. The van der Waals surface area contributed by atoms with E-state index >= 15 is 0 Å². The molecule has 1 aromatic rings. The van der Waals surface area contributed by atoms with Gasteiger partial charge in [0.15, 0.2) is 0 Å². The largest absolute Gasteiger partial charge is 0.381 e. The fourth-order valence-corrected chi connectivity index (χ4v) is 2.13. The number of hydrogen-bond donors (Lipinski definition) is 1. The van der Waals surface area contributed by atoms with E-state index in [0.717, 1.165) is 12.8 Å². The first-order valence-corrected chi connectivity index (χ1v) is 6.43. The highest BCUT2D eigenvalue weighted by Gasteiger charge is 2.36. The molecular formula is C12H21N3O3. The highest BCUT2D eigenvalue weighted by atomic mass is 16.5. The van der Waals surface area contributed by atoms with Crippen LogP contribution in [0.5, 0.6) is 0 Å². The summed E-state index contributed by atoms with van der Waals surface area (Å²) in [6, 6.07) is 0. The van der Waals surface area contributed by atoms with Crippen molar-refractivity contribution in [3.63, 3.8) is 0 Å². The molecule has 0 spiro atoms. The fourth-order valence-electron chi connectivity index (χ4n) is 2.13. The third kappa shape index (κ3) is 2.71. The first kappa shape index (κ1) is 13.5. The number of hydrogen-bond acceptors (Lipinski definition) is 6. The number of rotatable bonds is 5. The monoisotopic (exact) mass is 255 g/mol. The molecule has 1 atom stereocenters. The number of aromatic nitrogens is 2. The molecule has 0 aromatic carbocycles. The van der Waals surface area contributed by atoms with Gasteiger partial charge in [-0.2, -0.15) is 4.98 Å². The quantitative estimate of drug-likeness (QED) is 0.858. The second-order valence-electron chi connectivity index (χ2n) is 4.74. The molecule has 0 radical (unpaired) electrons. The molecule has 1 aliphatic heterocycles. The summed E-state index contributed by atoms with van der Waals surface area (Å²) < 4.78 is 16.0. The number of nitrogens with zero attached hydrogens (tertiary/aromatic N) is 2. The molecule has 1 aromatic heterocycles. The molecule has 1 aliphatic rings. The smallest absolute Gasteiger partial charge is 0.247 e. The van der Waals surface area contributed by atoms with E-state index in [2.05, 4.69) is 17.1 Å². The highest BCUT2D eigenvalue weighted by molar-refractivity contribution is 5.04. The molecule has 0 bridgehead atoms. The molecular weight excluding hydrogens is 234 g/mol. The van der Waals surface area contributed by atoms with Crippen molar-refractivity contribution in [1.82, 2.24) is 10.1 Å². The van der Waals surface area contributed by atoms with Crippen LogP contribution < -0.4 is 5.73 Å². The zero-order chi connectivity index (χ0) is 13.0. The van der Waals surface area contributed by atoms with Crippen molar-refractivity contribution in [2.45, 2.75) is 44.2 Å². The Labute approximate surface area is 107 Å². The van der Waals surface area contributed by atoms with Gasteiger partial charge in [-0.25, -0.2) is 0 Å². The van der Waals surface area contributed by atoms with Gasteiger partial charge >= 0.3 is 0 Å². The summed E-state index contributed by atoms with van der Waals surface area (Å²) in [6.45, 7) is 3.36. The second-order valence-corrected chi connectivity index (χ2v) is 4.74. The topological polar surface area (TPSA) is 83.4 Å². The molecule has 0 amide bonds. The van der Waals surface area contributed by atoms with Gasteiger partial charge in [0.05, 0.1) is 0 Å². The minimum absolute atomic E-state index is 0.115. The second kappa shape index (κ2) is 5.77. The lowest BCUT2D eigenvalue weighted by atomic mass is 9.91. The number of methoxy groups -OCH3 is 1. The Bertz CT molecular complexity index is 374. The van der Waals surface area contributed by atoms with Gasteiger partial charge in [-0.3, -0.25) is 0 Å². The normalized spacial score (nSPS) is 20.8. The lowest BCUT2D eigenvalue weighted by Crippen LogP contribution is -2.42. The summed E-state index contributed by atoms with van der Waals surface area (Å²) in [5.41, 5.74) is 5.74. The molecule has 18 heavy (non-hydrogen) atoms. The van der Waals surface area contributed by atoms with E-state index in [4.69, 9.17) is 19.7 Å². The van der Waals surface area contributed by atoms with Crippen molar-refractivity contribution in [3.05, 3.63) is 11.7 Å². The van der Waals surface area contributed by atoms with Crippen molar-refractivity contribution in [2.75, 3.05) is 20.3 Å². The van der Waals surface area contributed by atoms with Crippen LogP contribution >= 0.6 is 0 Å². The summed E-state index contributed by atoms with van der Waals surface area (Å²) in [7, 11) is 1.66. The number of nitrogens with two attached hydrogens (primary N) is 1. The maximum Gasteiger partial charge on any atom is 0.247 e. The zero-order valence-electron chi connectivity index (χ0n) is 11.0. The van der Waals surface area contributed by atoms with E-state index < -0.39 is 5.54 Å². The van der Waals surface area contributed by atoms with Crippen LogP contribution in [0.2, 0.25) is 0 Å². The molecule has 2 N–H and O–H groups in total. The fraction of sp³-hybridized carbons (Fsp3) is 0.833. The Kier molecular flexibility index (Phi) is 4.31. The Morgan fingerprint density at radius 3 is 2.78 bits per heavy atom. The Morgan fingerprint density at radius 1 is 1.44 bits per heavy atom. The van der Waals surface area contributed by atoms with Gasteiger partial charge in [0.25, 0.3) is 0 Å². The van der Waals surface area contributed by atoms with E-state index in [0.29, 0.717) is 37.8 Å². The lowest BCUT2D eigenvalue weighted by molar-refractivity contribution is 0.0400. The first-order chi connectivity index (χ1) is 8.69. The van der Waals surface area contributed by atoms with Gasteiger partial charge in [0.2, 0.25) is 11.7 Å². The lowest BCUT2D eigenvalue weighted by Gasteiger charge is -2.29. The molecule has 0 saturated carbocycles. The van der Waals surface area contributed by atoms with E-state index in [1.165, 1.54) is 0 Å². The van der Waals surface area contributed by atoms with Gasteiger partial charge < -0.3 is 19.7 Å². The van der Waals surface area contributed by atoms with Crippen molar-refractivity contribution in [1.29, 1.82) is 0 Å². The minimum atomic E-state index is -0.548. The van der Waals surface area contributed by atoms with Crippen LogP contribution in [0.4, 0.5) is 0 Å². The number of ether oxygens (including phenoxy) is 2. The van der Waals surface area contributed by atoms with Gasteiger partial charge in [-0.15, -0.1) is 0 Å². The molecule has 2 heterocycles. The van der Waals surface area contributed by atoms with Crippen molar-refractivity contribution in [2.24, 2.45) is 5.73 Å². The van der Waals surface area contributed by atoms with E-state index in [9.17, 15) is 0 Å². The summed E-state index contributed by atoms with van der Waals surface area (Å²) in [4.78, 5) is 4.41. The van der Waals surface area contributed by atoms with Crippen molar-refractivity contribution < 1.29 is 14.0 Å². The van der Waals surface area contributed by atoms with Crippen LogP contribution in [0.3, 0.4) is 0 Å². The average molecular weight is 255 g/mol. The van der Waals surface area contributed by atoms with Gasteiger partial charge in [0.1, 0.15) is 11.6 Å². The van der Waals surface area contributed by atoms with Crippen molar-refractivity contribution >= 4 is 0 Å². The average Bonchev–Trinajstić information content (AvgIpc) is 2.87. The summed E-state index contributed by atoms with van der Waals surface area (Å²) in [5.74, 6) is 1.09.